The normalized spacial score (nSPS) is 11.6. The van der Waals surface area contributed by atoms with E-state index in [0.717, 1.165) is 44.1 Å². The number of methoxy groups -OCH3 is 2. The lowest BCUT2D eigenvalue weighted by Gasteiger charge is -2.29. The van der Waals surface area contributed by atoms with E-state index in [1.165, 1.54) is 33.3 Å². The van der Waals surface area contributed by atoms with E-state index in [2.05, 4.69) is 13.8 Å². The van der Waals surface area contributed by atoms with E-state index in [-0.39, 0.29) is 68.8 Å². The summed E-state index contributed by atoms with van der Waals surface area (Å²) < 4.78 is 15.8. The minimum atomic E-state index is -1.05. The second-order valence-electron chi connectivity index (χ2n) is 9.07. The van der Waals surface area contributed by atoms with Crippen molar-refractivity contribution in [3.05, 3.63) is 35.9 Å². The second kappa shape index (κ2) is 31.5. The summed E-state index contributed by atoms with van der Waals surface area (Å²) in [5.41, 5.74) is -0.128. The van der Waals surface area contributed by atoms with Gasteiger partial charge in [-0.2, -0.15) is 0 Å². The quantitative estimate of drug-likeness (QED) is 0.100. The van der Waals surface area contributed by atoms with E-state index < -0.39 is 11.6 Å². The van der Waals surface area contributed by atoms with E-state index in [4.69, 9.17) is 14.2 Å². The van der Waals surface area contributed by atoms with E-state index in [9.17, 15) is 14.4 Å². The Labute approximate surface area is 250 Å². The van der Waals surface area contributed by atoms with Crippen LogP contribution in [0.1, 0.15) is 134 Å². The molecule has 1 rings (SSSR count). The summed E-state index contributed by atoms with van der Waals surface area (Å²) in [6.07, 6.45) is 10.2. The standard InChI is InChI=1S/C19H28O4.C10H20O2.4CH4.B/c1-4-5-6-10-13-19(22-3,16(2)20)14-18(21)23-15-17-11-8-7-9-12-17;1-4-5-6-7-8-10(12-3)9(2)11;;;;;/h7-9,11-12H,4-6,10,13-15H2,1-3H3;10H,4-8H2,1-3H3;4*1H4;. The van der Waals surface area contributed by atoms with Crippen molar-refractivity contribution >= 4 is 25.9 Å². The molecule has 2 unspecified atom stereocenters. The molecule has 7 heteroatoms. The topological polar surface area (TPSA) is 78.9 Å². The average molecular weight is 568 g/mol. The fraction of sp³-hybridized carbons (Fsp3) is 0.727. The van der Waals surface area contributed by atoms with Crippen LogP contribution in [0.15, 0.2) is 30.3 Å². The summed E-state index contributed by atoms with van der Waals surface area (Å²) >= 11 is 0. The molecule has 0 saturated carbocycles. The number of esters is 1. The van der Waals surface area contributed by atoms with Crippen molar-refractivity contribution in [2.75, 3.05) is 14.2 Å². The minimum Gasteiger partial charge on any atom is -0.461 e. The van der Waals surface area contributed by atoms with E-state index in [1.54, 1.807) is 14.0 Å². The van der Waals surface area contributed by atoms with Gasteiger partial charge in [0.05, 0.1) is 6.42 Å². The van der Waals surface area contributed by atoms with Crippen molar-refractivity contribution in [2.45, 2.75) is 146 Å². The van der Waals surface area contributed by atoms with Gasteiger partial charge in [-0.1, -0.05) is 125 Å². The Morgan fingerprint density at radius 2 is 1.32 bits per heavy atom. The number of unbranched alkanes of at least 4 members (excludes halogenated alkanes) is 6. The number of hydrogen-bond acceptors (Lipinski definition) is 6. The summed E-state index contributed by atoms with van der Waals surface area (Å²) in [6, 6.07) is 9.49. The lowest BCUT2D eigenvalue weighted by atomic mass is 9.88. The number of carbonyl (C=O) groups excluding carboxylic acids is 3. The molecule has 0 spiro atoms. The van der Waals surface area contributed by atoms with Gasteiger partial charge in [-0.05, 0) is 32.3 Å². The van der Waals surface area contributed by atoms with E-state index >= 15 is 0 Å². The maximum Gasteiger partial charge on any atom is 0.309 e. The zero-order chi connectivity index (χ0) is 26.5. The van der Waals surface area contributed by atoms with Gasteiger partial charge in [-0.3, -0.25) is 14.4 Å². The van der Waals surface area contributed by atoms with Crippen LogP contribution >= 0.6 is 0 Å². The number of ether oxygens (including phenoxy) is 3. The van der Waals surface area contributed by atoms with Crippen molar-refractivity contribution < 1.29 is 28.6 Å². The maximum atomic E-state index is 12.1. The fourth-order valence-corrected chi connectivity index (χ4v) is 3.81. The summed E-state index contributed by atoms with van der Waals surface area (Å²) in [5.74, 6) is -0.372. The van der Waals surface area contributed by atoms with Gasteiger partial charge < -0.3 is 14.2 Å². The number of carbonyl (C=O) groups is 3. The average Bonchev–Trinajstić information content (AvgIpc) is 2.85. The first-order chi connectivity index (χ1) is 16.8. The van der Waals surface area contributed by atoms with Gasteiger partial charge in [0, 0.05) is 22.6 Å². The highest BCUT2D eigenvalue weighted by Gasteiger charge is 2.38. The molecule has 0 N–H and O–H groups in total. The Kier molecular flexibility index (Phi) is 40.1. The van der Waals surface area contributed by atoms with Crippen molar-refractivity contribution in [3.63, 3.8) is 0 Å². The summed E-state index contributed by atoms with van der Waals surface area (Å²) in [4.78, 5) is 35.1. The van der Waals surface area contributed by atoms with Crippen LogP contribution < -0.4 is 0 Å². The highest BCUT2D eigenvalue weighted by Crippen LogP contribution is 2.26. The zero-order valence-corrected chi connectivity index (χ0v) is 23.5. The van der Waals surface area contributed by atoms with Gasteiger partial charge in [0.1, 0.15) is 18.3 Å². The first kappa shape index (κ1) is 50.8. The van der Waals surface area contributed by atoms with Crippen molar-refractivity contribution in [1.29, 1.82) is 0 Å². The predicted octanol–water partition coefficient (Wildman–Crippen LogP) is 8.79. The van der Waals surface area contributed by atoms with Gasteiger partial charge >= 0.3 is 5.97 Å². The summed E-state index contributed by atoms with van der Waals surface area (Å²) in [7, 11) is 3.09. The molecule has 0 aliphatic rings. The SMILES string of the molecule is C.C.C.C.CCCCCCC(CC(=O)OCc1ccccc1)(OC)C(C)=O.CCCCCCC(OC)C(C)=O.[B]. The summed E-state index contributed by atoms with van der Waals surface area (Å²) in [6.45, 7) is 7.60. The fourth-order valence-electron chi connectivity index (χ4n) is 3.81. The third-order valence-corrected chi connectivity index (χ3v) is 6.20. The number of ketones is 2. The number of rotatable bonds is 18. The second-order valence-corrected chi connectivity index (χ2v) is 9.07. The molecular weight excluding hydrogens is 503 g/mol. The Morgan fingerprint density at radius 3 is 1.75 bits per heavy atom. The molecular formula is C33H64BO6. The Morgan fingerprint density at radius 1 is 0.800 bits per heavy atom. The zero-order valence-electron chi connectivity index (χ0n) is 23.5. The molecule has 2 atom stereocenters. The Bertz CT molecular complexity index is 710. The minimum absolute atomic E-state index is 0. The molecule has 0 aliphatic heterocycles. The first-order valence-electron chi connectivity index (χ1n) is 13.0. The molecule has 1 aromatic carbocycles. The van der Waals surface area contributed by atoms with Crippen molar-refractivity contribution in [3.8, 4) is 0 Å². The molecule has 0 aliphatic carbocycles. The van der Waals surface area contributed by atoms with Gasteiger partial charge in [-0.15, -0.1) is 0 Å². The van der Waals surface area contributed by atoms with Crippen LogP contribution in [-0.4, -0.2) is 51.9 Å². The molecule has 0 bridgehead atoms. The molecule has 0 fully saturated rings. The molecule has 6 nitrogen and oxygen atoms in total. The van der Waals surface area contributed by atoms with Gasteiger partial charge in [0.2, 0.25) is 0 Å². The monoisotopic (exact) mass is 567 g/mol. The molecule has 40 heavy (non-hydrogen) atoms. The molecule has 0 heterocycles. The highest BCUT2D eigenvalue weighted by molar-refractivity contribution is 5.89. The molecule has 0 saturated heterocycles. The van der Waals surface area contributed by atoms with Crippen LogP contribution in [0.25, 0.3) is 0 Å². The molecule has 0 aromatic heterocycles. The Balaban J connectivity index is -0.000000148. The lowest BCUT2D eigenvalue weighted by molar-refractivity contribution is -0.159. The molecule has 3 radical (unpaired) electrons. The summed E-state index contributed by atoms with van der Waals surface area (Å²) in [5, 5.41) is 0. The van der Waals surface area contributed by atoms with Crippen LogP contribution in [0.4, 0.5) is 0 Å². The van der Waals surface area contributed by atoms with Crippen LogP contribution in [0, 0.1) is 0 Å². The predicted molar refractivity (Wildman–Crippen MR) is 173 cm³/mol. The van der Waals surface area contributed by atoms with E-state index in [0.29, 0.717) is 6.42 Å². The molecule has 235 valence electrons. The largest absolute Gasteiger partial charge is 0.461 e. The van der Waals surface area contributed by atoms with Crippen LogP contribution in [0.3, 0.4) is 0 Å². The lowest BCUT2D eigenvalue weighted by Crippen LogP contribution is -2.41. The third-order valence-electron chi connectivity index (χ3n) is 6.20. The van der Waals surface area contributed by atoms with Gasteiger partial charge in [0.25, 0.3) is 0 Å². The number of hydrogen-bond donors (Lipinski definition) is 0. The van der Waals surface area contributed by atoms with Gasteiger partial charge in [0.15, 0.2) is 11.6 Å². The van der Waals surface area contributed by atoms with Crippen molar-refractivity contribution in [2.24, 2.45) is 0 Å². The smallest absolute Gasteiger partial charge is 0.309 e. The van der Waals surface area contributed by atoms with Crippen LogP contribution in [-0.2, 0) is 35.2 Å². The van der Waals surface area contributed by atoms with Crippen LogP contribution in [0.5, 0.6) is 0 Å². The molecule has 1 aromatic rings. The number of benzene rings is 1. The number of Topliss-reactive ketones (excluding diaryl/α,β-unsaturated/α-hetero) is 2. The molecule has 0 amide bonds. The Hall–Kier alpha value is -1.99. The van der Waals surface area contributed by atoms with E-state index in [1.807, 2.05) is 30.3 Å². The first-order valence-corrected chi connectivity index (χ1v) is 13.0. The van der Waals surface area contributed by atoms with Crippen molar-refractivity contribution in [1.82, 2.24) is 0 Å². The maximum absolute atomic E-state index is 12.1. The third kappa shape index (κ3) is 22.8. The van der Waals surface area contributed by atoms with Gasteiger partial charge in [-0.25, -0.2) is 0 Å². The highest BCUT2D eigenvalue weighted by atomic mass is 16.5. The van der Waals surface area contributed by atoms with Crippen LogP contribution in [0.2, 0.25) is 0 Å².